The Morgan fingerprint density at radius 1 is 1.35 bits per heavy atom. The molecule has 2 aliphatic heterocycles. The summed E-state index contributed by atoms with van der Waals surface area (Å²) >= 11 is 0. The molecule has 1 saturated carbocycles. The number of hydrogen-bond donors (Lipinski definition) is 3. The summed E-state index contributed by atoms with van der Waals surface area (Å²) in [7, 11) is 0. The van der Waals surface area contributed by atoms with E-state index in [1.54, 1.807) is 4.90 Å². The summed E-state index contributed by atoms with van der Waals surface area (Å²) < 4.78 is 0. The fraction of sp³-hybridized carbons (Fsp3) is 0.812. The van der Waals surface area contributed by atoms with Crippen molar-refractivity contribution in [1.29, 1.82) is 0 Å². The number of nitrogens with one attached hydrogen (secondary N) is 2. The molecule has 0 radical (unpaired) electrons. The molecule has 0 spiro atoms. The summed E-state index contributed by atoms with van der Waals surface area (Å²) in [6.07, 6.45) is 3.46. The minimum Gasteiger partial charge on any atom is -0.481 e. The van der Waals surface area contributed by atoms with E-state index in [0.717, 1.165) is 12.8 Å². The fourth-order valence-corrected chi connectivity index (χ4v) is 4.43. The van der Waals surface area contributed by atoms with Crippen LogP contribution < -0.4 is 10.6 Å². The number of hydrogen-bond acceptors (Lipinski definition) is 3. The predicted octanol–water partition coefficient (Wildman–Crippen LogP) is 0.940. The third-order valence-corrected chi connectivity index (χ3v) is 5.87. The molecule has 3 amide bonds. The van der Waals surface area contributed by atoms with E-state index >= 15 is 0 Å². The van der Waals surface area contributed by atoms with Crippen molar-refractivity contribution in [3.05, 3.63) is 0 Å². The molecule has 3 rings (SSSR count). The van der Waals surface area contributed by atoms with Gasteiger partial charge < -0.3 is 20.6 Å². The van der Waals surface area contributed by atoms with Gasteiger partial charge in [0.05, 0.1) is 17.0 Å². The Bertz CT molecular complexity index is 547. The van der Waals surface area contributed by atoms with Crippen molar-refractivity contribution >= 4 is 17.9 Å². The zero-order valence-corrected chi connectivity index (χ0v) is 13.7. The fourth-order valence-electron chi connectivity index (χ4n) is 4.43. The van der Waals surface area contributed by atoms with Crippen molar-refractivity contribution in [2.24, 2.45) is 11.3 Å². The minimum atomic E-state index is -0.777. The van der Waals surface area contributed by atoms with Crippen LogP contribution in [0.5, 0.6) is 0 Å². The van der Waals surface area contributed by atoms with Gasteiger partial charge in [-0.3, -0.25) is 9.59 Å². The lowest BCUT2D eigenvalue weighted by Gasteiger charge is -2.40. The summed E-state index contributed by atoms with van der Waals surface area (Å²) in [6, 6.07) is -0.358. The first-order valence-electron chi connectivity index (χ1n) is 8.34. The zero-order chi connectivity index (χ0) is 16.8. The molecule has 23 heavy (non-hydrogen) atoms. The Balaban J connectivity index is 1.66. The molecule has 2 heterocycles. The normalized spacial score (nSPS) is 35.6. The number of rotatable bonds is 2. The largest absolute Gasteiger partial charge is 0.481 e. The highest BCUT2D eigenvalue weighted by atomic mass is 16.4. The van der Waals surface area contributed by atoms with Crippen LogP contribution >= 0.6 is 0 Å². The predicted molar refractivity (Wildman–Crippen MR) is 82.8 cm³/mol. The smallest absolute Gasteiger partial charge is 0.317 e. The molecule has 0 aromatic rings. The van der Waals surface area contributed by atoms with Crippen molar-refractivity contribution in [1.82, 2.24) is 15.5 Å². The second kappa shape index (κ2) is 5.39. The molecule has 2 saturated heterocycles. The highest BCUT2D eigenvalue weighted by Gasteiger charge is 2.56. The first-order chi connectivity index (χ1) is 10.7. The number of amides is 3. The number of piperidine rings is 1. The van der Waals surface area contributed by atoms with Gasteiger partial charge in [0.15, 0.2) is 0 Å². The molecule has 7 heteroatoms. The number of carboxylic acids is 1. The number of carbonyl (C=O) groups is 3. The van der Waals surface area contributed by atoms with Gasteiger partial charge in [0, 0.05) is 19.5 Å². The van der Waals surface area contributed by atoms with Crippen LogP contribution in [0.25, 0.3) is 0 Å². The van der Waals surface area contributed by atoms with Crippen molar-refractivity contribution in [2.45, 2.75) is 57.5 Å². The maximum atomic E-state index is 12.6. The van der Waals surface area contributed by atoms with E-state index in [-0.39, 0.29) is 23.9 Å². The van der Waals surface area contributed by atoms with E-state index < -0.39 is 16.9 Å². The lowest BCUT2D eigenvalue weighted by atomic mass is 9.81. The monoisotopic (exact) mass is 323 g/mol. The van der Waals surface area contributed by atoms with Crippen LogP contribution in [-0.2, 0) is 9.59 Å². The number of carbonyl (C=O) groups excluding carboxylic acids is 2. The summed E-state index contributed by atoms with van der Waals surface area (Å²) in [5.41, 5.74) is -1.25. The van der Waals surface area contributed by atoms with Crippen LogP contribution in [0.2, 0.25) is 0 Å². The van der Waals surface area contributed by atoms with Gasteiger partial charge in [-0.2, -0.15) is 0 Å². The number of aliphatic carboxylic acids is 1. The number of carboxylic acid groups (broad SMARTS) is 1. The minimum absolute atomic E-state index is 0.000957. The van der Waals surface area contributed by atoms with Crippen LogP contribution in [0.1, 0.15) is 46.0 Å². The van der Waals surface area contributed by atoms with Gasteiger partial charge in [-0.25, -0.2) is 4.79 Å². The first-order valence-corrected chi connectivity index (χ1v) is 8.34. The third-order valence-electron chi connectivity index (χ3n) is 5.87. The molecule has 1 aliphatic carbocycles. The molecule has 3 aliphatic rings. The Morgan fingerprint density at radius 2 is 2.09 bits per heavy atom. The van der Waals surface area contributed by atoms with Gasteiger partial charge >= 0.3 is 12.0 Å². The van der Waals surface area contributed by atoms with Crippen molar-refractivity contribution < 1.29 is 19.5 Å². The van der Waals surface area contributed by atoms with Gasteiger partial charge in [-0.1, -0.05) is 6.42 Å². The molecule has 0 aromatic carbocycles. The number of likely N-dealkylation sites (tertiary alicyclic amines) is 1. The van der Waals surface area contributed by atoms with E-state index in [2.05, 4.69) is 10.6 Å². The second-order valence-electron chi connectivity index (χ2n) is 7.74. The van der Waals surface area contributed by atoms with E-state index in [9.17, 15) is 19.5 Å². The molecular weight excluding hydrogens is 298 g/mol. The van der Waals surface area contributed by atoms with Crippen molar-refractivity contribution in [3.8, 4) is 0 Å². The molecule has 3 fully saturated rings. The maximum absolute atomic E-state index is 12.6. The van der Waals surface area contributed by atoms with Gasteiger partial charge in [0.25, 0.3) is 0 Å². The third kappa shape index (κ3) is 2.66. The Labute approximate surface area is 135 Å². The Kier molecular flexibility index (Phi) is 3.77. The average molecular weight is 323 g/mol. The highest BCUT2D eigenvalue weighted by Crippen LogP contribution is 2.48. The van der Waals surface area contributed by atoms with Crippen LogP contribution in [0.3, 0.4) is 0 Å². The highest BCUT2D eigenvalue weighted by molar-refractivity contribution is 5.82. The summed E-state index contributed by atoms with van der Waals surface area (Å²) in [5.74, 6) is -0.716. The van der Waals surface area contributed by atoms with Gasteiger partial charge in [-0.15, -0.1) is 0 Å². The lowest BCUT2D eigenvalue weighted by Crippen LogP contribution is -2.63. The molecule has 3 N–H and O–H groups in total. The second-order valence-corrected chi connectivity index (χ2v) is 7.74. The van der Waals surface area contributed by atoms with E-state index in [1.807, 2.05) is 13.8 Å². The van der Waals surface area contributed by atoms with Gasteiger partial charge in [0.1, 0.15) is 0 Å². The lowest BCUT2D eigenvalue weighted by molar-refractivity contribution is -0.149. The van der Waals surface area contributed by atoms with Crippen molar-refractivity contribution in [2.75, 3.05) is 13.1 Å². The summed E-state index contributed by atoms with van der Waals surface area (Å²) in [4.78, 5) is 37.4. The summed E-state index contributed by atoms with van der Waals surface area (Å²) in [5, 5.41) is 15.5. The van der Waals surface area contributed by atoms with Gasteiger partial charge in [0.2, 0.25) is 5.91 Å². The molecule has 3 atom stereocenters. The van der Waals surface area contributed by atoms with Crippen LogP contribution in [0.15, 0.2) is 0 Å². The molecule has 0 aromatic heterocycles. The molecular formula is C16H25N3O4. The standard InChI is InChI=1S/C16H25N3O4/c1-15(2)11(5-6-12(20)18-15)17-14(23)19-8-10-4-3-7-16(10,9-19)13(21)22/h10-11H,3-9H2,1-2H3,(H,17,23)(H,18,20)(H,21,22)/t10-,11?,16+/m0/s1. The number of fused-ring (bicyclic) bond motifs is 1. The number of urea groups is 1. The van der Waals surface area contributed by atoms with E-state index in [0.29, 0.717) is 32.4 Å². The number of nitrogens with zero attached hydrogens (tertiary/aromatic N) is 1. The topological polar surface area (TPSA) is 98.7 Å². The average Bonchev–Trinajstić information content (AvgIpc) is 2.98. The summed E-state index contributed by atoms with van der Waals surface area (Å²) in [6.45, 7) is 4.59. The quantitative estimate of drug-likeness (QED) is 0.704. The van der Waals surface area contributed by atoms with E-state index in [1.165, 1.54) is 0 Å². The Morgan fingerprint density at radius 3 is 2.70 bits per heavy atom. The molecule has 0 bridgehead atoms. The van der Waals surface area contributed by atoms with Crippen LogP contribution in [-0.4, -0.2) is 52.6 Å². The zero-order valence-electron chi connectivity index (χ0n) is 13.7. The first kappa shape index (κ1) is 16.1. The van der Waals surface area contributed by atoms with Crippen molar-refractivity contribution in [3.63, 3.8) is 0 Å². The van der Waals surface area contributed by atoms with Gasteiger partial charge in [-0.05, 0) is 39.0 Å². The SMILES string of the molecule is CC1(C)NC(=O)CCC1NC(=O)N1C[C@@H]2CCC[C@@]2(C(=O)O)C1. The van der Waals surface area contributed by atoms with Crippen LogP contribution in [0.4, 0.5) is 4.79 Å². The van der Waals surface area contributed by atoms with Crippen LogP contribution in [0, 0.1) is 11.3 Å². The molecule has 1 unspecified atom stereocenters. The maximum Gasteiger partial charge on any atom is 0.317 e. The van der Waals surface area contributed by atoms with E-state index in [4.69, 9.17) is 0 Å². The molecule has 7 nitrogen and oxygen atoms in total. The molecule has 128 valence electrons. The Hall–Kier alpha value is -1.79.